The Morgan fingerprint density at radius 2 is 1.81 bits per heavy atom. The maximum Gasteiger partial charge on any atom is 0.314 e. The van der Waals surface area contributed by atoms with Crippen LogP contribution < -0.4 is 15.5 Å². The molecule has 1 aromatic carbocycles. The summed E-state index contributed by atoms with van der Waals surface area (Å²) in [6.07, 6.45) is 4.86. The highest BCUT2D eigenvalue weighted by molar-refractivity contribution is 5.73. The molecule has 2 aliphatic heterocycles. The average molecular weight is 377 g/mol. The molecule has 0 saturated carbocycles. The van der Waals surface area contributed by atoms with Gasteiger partial charge in [0, 0.05) is 37.4 Å². The van der Waals surface area contributed by atoms with E-state index in [4.69, 9.17) is 0 Å². The molecule has 2 heterocycles. The van der Waals surface area contributed by atoms with Crippen molar-refractivity contribution >= 4 is 11.7 Å². The number of piperidine rings is 1. The molecule has 0 spiro atoms. The summed E-state index contributed by atoms with van der Waals surface area (Å²) in [5.74, 6) is 0.219. The molecule has 2 fully saturated rings. The Balaban J connectivity index is 1.37. The van der Waals surface area contributed by atoms with E-state index in [9.17, 15) is 9.18 Å². The van der Waals surface area contributed by atoms with Crippen molar-refractivity contribution in [2.24, 2.45) is 5.92 Å². The predicted octanol–water partition coefficient (Wildman–Crippen LogP) is 3.22. The zero-order valence-electron chi connectivity index (χ0n) is 16.6. The van der Waals surface area contributed by atoms with Crippen LogP contribution in [0.15, 0.2) is 24.3 Å². The first-order valence-corrected chi connectivity index (χ1v) is 10.2. The van der Waals surface area contributed by atoms with E-state index in [0.717, 1.165) is 38.3 Å². The first-order valence-electron chi connectivity index (χ1n) is 10.2. The van der Waals surface area contributed by atoms with Crippen LogP contribution in [0.2, 0.25) is 0 Å². The van der Waals surface area contributed by atoms with Crippen molar-refractivity contribution < 1.29 is 9.18 Å². The maximum absolute atomic E-state index is 13.1. The minimum absolute atomic E-state index is 0.00942. The summed E-state index contributed by atoms with van der Waals surface area (Å²) >= 11 is 0. The Morgan fingerprint density at radius 3 is 2.52 bits per heavy atom. The SMILES string of the molecule is CC(C)(CNC(=O)NC[C@H]1CCN(c2ccc(F)cc2)C1)N1CCCCC1. The van der Waals surface area contributed by atoms with Gasteiger partial charge in [-0.3, -0.25) is 4.90 Å². The van der Waals surface area contributed by atoms with E-state index in [-0.39, 0.29) is 17.4 Å². The fourth-order valence-electron chi connectivity index (χ4n) is 4.09. The lowest BCUT2D eigenvalue weighted by Gasteiger charge is -2.41. The number of carbonyl (C=O) groups excluding carboxylic acids is 1. The number of benzene rings is 1. The number of urea groups is 1. The average Bonchev–Trinajstić information content (AvgIpc) is 3.15. The number of anilines is 1. The van der Waals surface area contributed by atoms with Crippen molar-refractivity contribution in [3.63, 3.8) is 0 Å². The summed E-state index contributed by atoms with van der Waals surface area (Å²) in [5.41, 5.74) is 1.04. The van der Waals surface area contributed by atoms with Gasteiger partial charge in [0.2, 0.25) is 0 Å². The molecule has 2 aliphatic rings. The normalized spacial score (nSPS) is 21.3. The summed E-state index contributed by atoms with van der Waals surface area (Å²) in [4.78, 5) is 17.0. The maximum atomic E-state index is 13.1. The summed E-state index contributed by atoms with van der Waals surface area (Å²) in [7, 11) is 0. The molecule has 3 rings (SSSR count). The van der Waals surface area contributed by atoms with Crippen molar-refractivity contribution in [1.82, 2.24) is 15.5 Å². The predicted molar refractivity (Wildman–Crippen MR) is 108 cm³/mol. The van der Waals surface area contributed by atoms with Gasteiger partial charge in [0.25, 0.3) is 0 Å². The molecular formula is C21H33FN4O. The van der Waals surface area contributed by atoms with Crippen LogP contribution in [0, 0.1) is 11.7 Å². The van der Waals surface area contributed by atoms with E-state index >= 15 is 0 Å². The Bertz CT molecular complexity index is 613. The van der Waals surface area contributed by atoms with E-state index in [2.05, 4.69) is 34.3 Å². The molecule has 2 N–H and O–H groups in total. The van der Waals surface area contributed by atoms with Crippen LogP contribution >= 0.6 is 0 Å². The highest BCUT2D eigenvalue weighted by atomic mass is 19.1. The van der Waals surface area contributed by atoms with Gasteiger partial charge in [0.1, 0.15) is 5.82 Å². The highest BCUT2D eigenvalue weighted by Gasteiger charge is 2.28. The topological polar surface area (TPSA) is 47.6 Å². The fraction of sp³-hybridized carbons (Fsp3) is 0.667. The van der Waals surface area contributed by atoms with Gasteiger partial charge < -0.3 is 15.5 Å². The van der Waals surface area contributed by atoms with E-state index in [1.54, 1.807) is 0 Å². The Hall–Kier alpha value is -1.82. The molecule has 0 unspecified atom stereocenters. The van der Waals surface area contributed by atoms with Crippen molar-refractivity contribution in [2.75, 3.05) is 44.2 Å². The third-order valence-electron chi connectivity index (χ3n) is 5.92. The van der Waals surface area contributed by atoms with Crippen LogP contribution in [0.1, 0.15) is 39.5 Å². The van der Waals surface area contributed by atoms with E-state index in [1.807, 2.05) is 12.1 Å². The molecule has 0 aliphatic carbocycles. The molecule has 2 saturated heterocycles. The summed E-state index contributed by atoms with van der Waals surface area (Å²) in [5, 5.41) is 6.07. The molecular weight excluding hydrogens is 343 g/mol. The lowest BCUT2D eigenvalue weighted by molar-refractivity contribution is 0.0960. The smallest absolute Gasteiger partial charge is 0.314 e. The number of nitrogens with one attached hydrogen (secondary N) is 2. The van der Waals surface area contributed by atoms with Gasteiger partial charge in [-0.1, -0.05) is 6.42 Å². The summed E-state index contributed by atoms with van der Waals surface area (Å²) in [6, 6.07) is 6.55. The second kappa shape index (κ2) is 8.91. The molecule has 2 amide bonds. The van der Waals surface area contributed by atoms with Crippen molar-refractivity contribution in [1.29, 1.82) is 0 Å². The van der Waals surface area contributed by atoms with Crippen LogP contribution in [0.5, 0.6) is 0 Å². The van der Waals surface area contributed by atoms with E-state index in [1.165, 1.54) is 31.4 Å². The number of carbonyl (C=O) groups is 1. The first-order chi connectivity index (χ1) is 12.9. The van der Waals surface area contributed by atoms with Gasteiger partial charge in [-0.05, 0) is 76.4 Å². The second-order valence-electron chi connectivity index (χ2n) is 8.50. The Morgan fingerprint density at radius 1 is 1.11 bits per heavy atom. The lowest BCUT2D eigenvalue weighted by Crippen LogP contribution is -2.54. The van der Waals surface area contributed by atoms with Gasteiger partial charge in [-0.2, -0.15) is 0 Å². The zero-order chi connectivity index (χ0) is 19.3. The minimum atomic E-state index is -0.208. The van der Waals surface area contributed by atoms with Gasteiger partial charge in [0.05, 0.1) is 0 Å². The molecule has 150 valence electrons. The van der Waals surface area contributed by atoms with Crippen LogP contribution in [0.25, 0.3) is 0 Å². The minimum Gasteiger partial charge on any atom is -0.371 e. The number of rotatable bonds is 6. The van der Waals surface area contributed by atoms with Crippen LogP contribution in [-0.2, 0) is 0 Å². The Labute approximate surface area is 162 Å². The van der Waals surface area contributed by atoms with Crippen LogP contribution in [0.4, 0.5) is 14.9 Å². The third kappa shape index (κ3) is 5.58. The molecule has 1 aromatic rings. The van der Waals surface area contributed by atoms with Gasteiger partial charge in [-0.25, -0.2) is 9.18 Å². The highest BCUT2D eigenvalue weighted by Crippen LogP contribution is 2.23. The molecule has 1 atom stereocenters. The number of amides is 2. The molecule has 6 heteroatoms. The molecule has 0 aromatic heterocycles. The second-order valence-corrected chi connectivity index (χ2v) is 8.50. The number of likely N-dealkylation sites (tertiary alicyclic amines) is 1. The van der Waals surface area contributed by atoms with Crippen molar-refractivity contribution in [2.45, 2.75) is 45.1 Å². The standard InChI is InChI=1S/C21H33FN4O/c1-21(2,26-11-4-3-5-12-26)16-24-20(27)23-14-17-10-13-25(15-17)19-8-6-18(22)7-9-19/h6-9,17H,3-5,10-16H2,1-2H3,(H2,23,24,27)/t17-/m1/s1. The van der Waals surface area contributed by atoms with Crippen LogP contribution in [0.3, 0.4) is 0 Å². The van der Waals surface area contributed by atoms with E-state index in [0.29, 0.717) is 19.0 Å². The van der Waals surface area contributed by atoms with Crippen molar-refractivity contribution in [3.05, 3.63) is 30.1 Å². The summed E-state index contributed by atoms with van der Waals surface area (Å²) < 4.78 is 13.1. The first kappa shape index (κ1) is 19.9. The number of halogens is 1. The number of hydrogen-bond acceptors (Lipinski definition) is 3. The van der Waals surface area contributed by atoms with Gasteiger partial charge >= 0.3 is 6.03 Å². The molecule has 0 bridgehead atoms. The largest absolute Gasteiger partial charge is 0.371 e. The molecule has 5 nitrogen and oxygen atoms in total. The summed E-state index contributed by atoms with van der Waals surface area (Å²) in [6.45, 7) is 9.83. The van der Waals surface area contributed by atoms with Crippen molar-refractivity contribution in [3.8, 4) is 0 Å². The third-order valence-corrected chi connectivity index (χ3v) is 5.92. The van der Waals surface area contributed by atoms with Crippen LogP contribution in [-0.4, -0.2) is 55.7 Å². The quantitative estimate of drug-likeness (QED) is 0.801. The lowest BCUT2D eigenvalue weighted by atomic mass is 9.98. The van der Waals surface area contributed by atoms with Gasteiger partial charge in [-0.15, -0.1) is 0 Å². The molecule has 0 radical (unpaired) electrons. The number of hydrogen-bond donors (Lipinski definition) is 2. The van der Waals surface area contributed by atoms with Gasteiger partial charge in [0.15, 0.2) is 0 Å². The number of nitrogens with zero attached hydrogens (tertiary/aromatic N) is 2. The fourth-order valence-corrected chi connectivity index (χ4v) is 4.09. The molecule has 27 heavy (non-hydrogen) atoms. The monoisotopic (exact) mass is 376 g/mol. The zero-order valence-corrected chi connectivity index (χ0v) is 16.6. The Kier molecular flexibility index (Phi) is 6.58. The van der Waals surface area contributed by atoms with E-state index < -0.39 is 0 Å².